The van der Waals surface area contributed by atoms with Crippen LogP contribution < -0.4 is 10.6 Å². The third-order valence-electron chi connectivity index (χ3n) is 2.94. The van der Waals surface area contributed by atoms with E-state index >= 15 is 0 Å². The average Bonchev–Trinajstić information content (AvgIpc) is 2.80. The Balaban J connectivity index is 2.48. The number of hydrogen-bond donors (Lipinski definition) is 2. The predicted molar refractivity (Wildman–Crippen MR) is 70.7 cm³/mol. The normalized spacial score (nSPS) is 20.6. The molecule has 0 saturated carbocycles. The van der Waals surface area contributed by atoms with Crippen LogP contribution in [0.2, 0.25) is 0 Å². The summed E-state index contributed by atoms with van der Waals surface area (Å²) < 4.78 is 25.4. The molecule has 1 fully saturated rings. The molecule has 0 radical (unpaired) electrons. The summed E-state index contributed by atoms with van der Waals surface area (Å²) in [7, 11) is -1.90. The van der Waals surface area contributed by atoms with Crippen molar-refractivity contribution in [3.8, 4) is 0 Å². The summed E-state index contributed by atoms with van der Waals surface area (Å²) in [5, 5.41) is 5.33. The first-order valence-electron chi connectivity index (χ1n) is 6.26. The Morgan fingerprint density at radius 3 is 2.67 bits per heavy atom. The molecule has 0 spiro atoms. The molecule has 1 rings (SSSR count). The van der Waals surface area contributed by atoms with E-state index in [1.165, 1.54) is 7.05 Å². The first-order valence-corrected chi connectivity index (χ1v) is 7.77. The minimum absolute atomic E-state index is 0.106. The fraction of sp³-hybridized carbons (Fsp3) is 0.909. The number of sulfonamides is 1. The molecule has 0 aromatic heterocycles. The van der Waals surface area contributed by atoms with Gasteiger partial charge in [0.15, 0.2) is 0 Å². The van der Waals surface area contributed by atoms with Gasteiger partial charge >= 0.3 is 0 Å². The maximum atomic E-state index is 12.1. The average molecular weight is 277 g/mol. The zero-order chi connectivity index (χ0) is 13.8. The van der Waals surface area contributed by atoms with E-state index < -0.39 is 15.3 Å². The molecule has 1 aliphatic heterocycles. The summed E-state index contributed by atoms with van der Waals surface area (Å²) in [6.45, 7) is 5.64. The molecule has 0 aromatic carbocycles. The van der Waals surface area contributed by atoms with Crippen molar-refractivity contribution >= 4 is 15.9 Å². The Hall–Kier alpha value is -0.660. The van der Waals surface area contributed by atoms with E-state index in [0.29, 0.717) is 25.4 Å². The van der Waals surface area contributed by atoms with Gasteiger partial charge in [-0.15, -0.1) is 0 Å². The third-order valence-corrected chi connectivity index (χ3v) is 5.19. The topological polar surface area (TPSA) is 78.5 Å². The lowest BCUT2D eigenvalue weighted by Crippen LogP contribution is -2.43. The van der Waals surface area contributed by atoms with E-state index in [4.69, 9.17) is 0 Å². The fourth-order valence-corrected chi connectivity index (χ4v) is 3.35. The number of amides is 1. The van der Waals surface area contributed by atoms with Crippen LogP contribution in [0.15, 0.2) is 0 Å². The summed E-state index contributed by atoms with van der Waals surface area (Å²) in [5.41, 5.74) is 0. The van der Waals surface area contributed by atoms with E-state index in [1.807, 2.05) is 13.8 Å². The summed E-state index contributed by atoms with van der Waals surface area (Å²) in [5.74, 6) is 0.107. The van der Waals surface area contributed by atoms with E-state index in [-0.39, 0.29) is 12.5 Å². The predicted octanol–water partition coefficient (Wildman–Crippen LogP) is -0.618. The Morgan fingerprint density at radius 1 is 1.50 bits per heavy atom. The van der Waals surface area contributed by atoms with Crippen LogP contribution in [0.1, 0.15) is 20.3 Å². The standard InChI is InChI=1S/C11H23N3O3S/c1-9(2)6-13-11(15)8-14(3)18(16,17)10-4-5-12-7-10/h9-10,12H,4-8H2,1-3H3,(H,13,15). The molecule has 106 valence electrons. The van der Waals surface area contributed by atoms with Crippen LogP contribution in [-0.2, 0) is 14.8 Å². The third kappa shape index (κ3) is 4.22. The highest BCUT2D eigenvalue weighted by Gasteiger charge is 2.32. The molecule has 1 amide bonds. The van der Waals surface area contributed by atoms with Crippen molar-refractivity contribution in [1.29, 1.82) is 0 Å². The van der Waals surface area contributed by atoms with Gasteiger partial charge in [-0.1, -0.05) is 13.8 Å². The van der Waals surface area contributed by atoms with E-state index in [2.05, 4.69) is 10.6 Å². The maximum absolute atomic E-state index is 12.1. The number of carbonyl (C=O) groups excluding carboxylic acids is 1. The molecule has 1 atom stereocenters. The van der Waals surface area contributed by atoms with Crippen molar-refractivity contribution in [3.63, 3.8) is 0 Å². The summed E-state index contributed by atoms with van der Waals surface area (Å²) in [4.78, 5) is 11.6. The monoisotopic (exact) mass is 277 g/mol. The van der Waals surface area contributed by atoms with Crippen molar-refractivity contribution < 1.29 is 13.2 Å². The van der Waals surface area contributed by atoms with Gasteiger partial charge in [0.25, 0.3) is 0 Å². The molecule has 0 bridgehead atoms. The van der Waals surface area contributed by atoms with Gasteiger partial charge in [0, 0.05) is 20.1 Å². The Labute approximate surface area is 109 Å². The van der Waals surface area contributed by atoms with Crippen LogP contribution in [-0.4, -0.2) is 57.1 Å². The molecule has 1 aliphatic rings. The summed E-state index contributed by atoms with van der Waals surface area (Å²) in [6, 6.07) is 0. The smallest absolute Gasteiger partial charge is 0.235 e. The molecule has 7 heteroatoms. The number of nitrogens with one attached hydrogen (secondary N) is 2. The molecule has 18 heavy (non-hydrogen) atoms. The van der Waals surface area contributed by atoms with Crippen LogP contribution in [0.5, 0.6) is 0 Å². The van der Waals surface area contributed by atoms with E-state index in [0.717, 1.165) is 10.8 Å². The highest BCUT2D eigenvalue weighted by molar-refractivity contribution is 7.89. The summed E-state index contributed by atoms with van der Waals surface area (Å²) >= 11 is 0. The van der Waals surface area contributed by atoms with Gasteiger partial charge in [-0.2, -0.15) is 4.31 Å². The molecule has 6 nitrogen and oxygen atoms in total. The first kappa shape index (κ1) is 15.4. The molecular weight excluding hydrogens is 254 g/mol. The molecule has 0 aliphatic carbocycles. The number of carbonyl (C=O) groups is 1. The summed E-state index contributed by atoms with van der Waals surface area (Å²) in [6.07, 6.45) is 0.611. The lowest BCUT2D eigenvalue weighted by Gasteiger charge is -2.20. The van der Waals surface area contributed by atoms with Crippen molar-refractivity contribution in [1.82, 2.24) is 14.9 Å². The first-order chi connectivity index (χ1) is 8.34. The zero-order valence-electron chi connectivity index (χ0n) is 11.3. The largest absolute Gasteiger partial charge is 0.355 e. The van der Waals surface area contributed by atoms with Crippen molar-refractivity contribution in [2.75, 3.05) is 33.2 Å². The minimum Gasteiger partial charge on any atom is -0.355 e. The van der Waals surface area contributed by atoms with Crippen molar-refractivity contribution in [2.45, 2.75) is 25.5 Å². The van der Waals surface area contributed by atoms with E-state index in [9.17, 15) is 13.2 Å². The lowest BCUT2D eigenvalue weighted by molar-refractivity contribution is -0.121. The van der Waals surface area contributed by atoms with Crippen LogP contribution in [0, 0.1) is 5.92 Å². The quantitative estimate of drug-likeness (QED) is 0.678. The molecule has 1 saturated heterocycles. The van der Waals surface area contributed by atoms with E-state index in [1.54, 1.807) is 0 Å². The van der Waals surface area contributed by atoms with Crippen LogP contribution >= 0.6 is 0 Å². The van der Waals surface area contributed by atoms with Gasteiger partial charge < -0.3 is 10.6 Å². The van der Waals surface area contributed by atoms with Crippen LogP contribution in [0.3, 0.4) is 0 Å². The number of likely N-dealkylation sites (N-methyl/N-ethyl adjacent to an activating group) is 1. The fourth-order valence-electron chi connectivity index (χ4n) is 1.80. The Bertz CT molecular complexity index is 375. The van der Waals surface area contributed by atoms with Crippen LogP contribution in [0.4, 0.5) is 0 Å². The number of hydrogen-bond acceptors (Lipinski definition) is 4. The van der Waals surface area contributed by atoms with Crippen molar-refractivity contribution in [2.24, 2.45) is 5.92 Å². The van der Waals surface area contributed by atoms with Gasteiger partial charge in [-0.3, -0.25) is 4.79 Å². The SMILES string of the molecule is CC(C)CNC(=O)CN(C)S(=O)(=O)C1CCNC1. The number of nitrogens with zero attached hydrogens (tertiary/aromatic N) is 1. The van der Waals surface area contributed by atoms with Gasteiger partial charge in [-0.25, -0.2) is 8.42 Å². The molecule has 2 N–H and O–H groups in total. The molecular formula is C11H23N3O3S. The Kier molecular flexibility index (Phi) is 5.55. The maximum Gasteiger partial charge on any atom is 0.235 e. The second-order valence-corrected chi connectivity index (χ2v) is 7.43. The second kappa shape index (κ2) is 6.49. The van der Waals surface area contributed by atoms with Gasteiger partial charge in [0.2, 0.25) is 15.9 Å². The second-order valence-electron chi connectivity index (χ2n) is 5.11. The molecule has 0 aromatic rings. The van der Waals surface area contributed by atoms with Crippen molar-refractivity contribution in [3.05, 3.63) is 0 Å². The van der Waals surface area contributed by atoms with Gasteiger partial charge in [0.1, 0.15) is 0 Å². The number of rotatable bonds is 6. The highest BCUT2D eigenvalue weighted by Crippen LogP contribution is 2.13. The zero-order valence-corrected chi connectivity index (χ0v) is 12.1. The lowest BCUT2D eigenvalue weighted by atomic mass is 10.2. The van der Waals surface area contributed by atoms with Gasteiger partial charge in [0.05, 0.1) is 11.8 Å². The van der Waals surface area contributed by atoms with Gasteiger partial charge in [-0.05, 0) is 18.9 Å². The minimum atomic E-state index is -3.36. The highest BCUT2D eigenvalue weighted by atomic mass is 32.2. The molecule has 1 heterocycles. The van der Waals surface area contributed by atoms with Crippen LogP contribution in [0.25, 0.3) is 0 Å². The Morgan fingerprint density at radius 2 is 2.17 bits per heavy atom. The molecule has 1 unspecified atom stereocenters.